The van der Waals surface area contributed by atoms with Gasteiger partial charge in [-0.15, -0.1) is 0 Å². The third-order valence-corrected chi connectivity index (χ3v) is 1.88. The van der Waals surface area contributed by atoms with Gasteiger partial charge in [-0.3, -0.25) is 9.80 Å². The summed E-state index contributed by atoms with van der Waals surface area (Å²) in [6.45, 7) is -0.114. The molecule has 7 heteroatoms. The molecule has 1 atom stereocenters. The molecule has 0 aliphatic carbocycles. The van der Waals surface area contributed by atoms with Gasteiger partial charge in [-0.2, -0.15) is 18.3 Å². The molecule has 0 N–H and O–H groups in total. The first-order valence-corrected chi connectivity index (χ1v) is 3.76. The van der Waals surface area contributed by atoms with Crippen LogP contribution in [0.15, 0.2) is 5.10 Å². The van der Waals surface area contributed by atoms with Crippen molar-refractivity contribution in [1.82, 2.24) is 5.01 Å². The van der Waals surface area contributed by atoms with Crippen LogP contribution in [0, 0.1) is 5.92 Å². The van der Waals surface area contributed by atoms with E-state index in [2.05, 4.69) is 5.10 Å². The molecule has 1 aliphatic heterocycles. The first kappa shape index (κ1) is 10.3. The quantitative estimate of drug-likeness (QED) is 0.615. The summed E-state index contributed by atoms with van der Waals surface area (Å²) in [5.41, 5.74) is -1.12. The predicted molar refractivity (Wildman–Crippen MR) is 40.5 cm³/mol. The molecule has 0 saturated heterocycles. The van der Waals surface area contributed by atoms with Crippen LogP contribution < -0.4 is 0 Å². The van der Waals surface area contributed by atoms with E-state index in [1.165, 1.54) is 7.05 Å². The van der Waals surface area contributed by atoms with Crippen molar-refractivity contribution in [3.8, 4) is 0 Å². The molecule has 0 bridgehead atoms. The summed E-state index contributed by atoms with van der Waals surface area (Å²) in [4.78, 5) is 10.6. The van der Waals surface area contributed by atoms with Gasteiger partial charge in [0.1, 0.15) is 5.92 Å². The lowest BCUT2D eigenvalue weighted by atomic mass is 10.1. The molecular formula is C6H6ClF3N2O. The normalized spacial score (nSPS) is 23.3. The number of hydrazone groups is 1. The summed E-state index contributed by atoms with van der Waals surface area (Å²) in [5.74, 6) is -1.35. The number of nitrogens with zero attached hydrogens (tertiary/aromatic N) is 2. The maximum Gasteiger partial charge on any atom is 0.432 e. The number of alkyl halides is 3. The molecule has 3 nitrogen and oxygen atoms in total. The van der Waals surface area contributed by atoms with Crippen LogP contribution in [0.5, 0.6) is 0 Å². The first-order chi connectivity index (χ1) is 5.82. The Morgan fingerprint density at radius 2 is 2.23 bits per heavy atom. The van der Waals surface area contributed by atoms with Crippen molar-refractivity contribution in [2.45, 2.75) is 6.18 Å². The molecule has 0 fully saturated rings. The van der Waals surface area contributed by atoms with Crippen molar-refractivity contribution in [3.63, 3.8) is 0 Å². The molecular weight excluding hydrogens is 209 g/mol. The van der Waals surface area contributed by atoms with Gasteiger partial charge in [0.2, 0.25) is 5.24 Å². The van der Waals surface area contributed by atoms with E-state index in [-0.39, 0.29) is 6.54 Å². The lowest BCUT2D eigenvalue weighted by molar-refractivity contribution is -0.114. The Morgan fingerprint density at radius 3 is 2.54 bits per heavy atom. The van der Waals surface area contributed by atoms with Crippen LogP contribution in [0.2, 0.25) is 0 Å². The molecule has 1 unspecified atom stereocenters. The van der Waals surface area contributed by atoms with Crippen LogP contribution in [-0.2, 0) is 4.79 Å². The molecule has 0 spiro atoms. The Balaban J connectivity index is 2.93. The molecule has 1 rings (SSSR count). The Labute approximate surface area is 77.1 Å². The van der Waals surface area contributed by atoms with Gasteiger partial charge in [0.25, 0.3) is 0 Å². The van der Waals surface area contributed by atoms with E-state index < -0.39 is 23.0 Å². The van der Waals surface area contributed by atoms with Crippen LogP contribution in [-0.4, -0.2) is 35.7 Å². The van der Waals surface area contributed by atoms with Gasteiger partial charge in [-0.05, 0) is 11.6 Å². The fraction of sp³-hybridized carbons (Fsp3) is 0.667. The predicted octanol–water partition coefficient (Wildman–Crippen LogP) is 1.23. The average Bonchev–Trinajstić information content (AvgIpc) is 2.29. The van der Waals surface area contributed by atoms with Crippen LogP contribution in [0.1, 0.15) is 0 Å². The van der Waals surface area contributed by atoms with Crippen molar-refractivity contribution in [3.05, 3.63) is 0 Å². The summed E-state index contributed by atoms with van der Waals surface area (Å²) in [6, 6.07) is 0. The van der Waals surface area contributed by atoms with E-state index in [0.717, 1.165) is 5.01 Å². The molecule has 0 aromatic heterocycles. The number of halogens is 4. The zero-order valence-electron chi connectivity index (χ0n) is 6.60. The molecule has 0 radical (unpaired) electrons. The minimum absolute atomic E-state index is 0.114. The van der Waals surface area contributed by atoms with Crippen LogP contribution >= 0.6 is 11.6 Å². The Kier molecular flexibility index (Phi) is 2.51. The number of carbonyl (C=O) groups excluding carboxylic acids is 1. The fourth-order valence-electron chi connectivity index (χ4n) is 1.08. The zero-order valence-corrected chi connectivity index (χ0v) is 7.35. The summed E-state index contributed by atoms with van der Waals surface area (Å²) >= 11 is 5.00. The van der Waals surface area contributed by atoms with Crippen molar-refractivity contribution >= 4 is 22.6 Å². The van der Waals surface area contributed by atoms with E-state index in [0.29, 0.717) is 0 Å². The molecule has 74 valence electrons. The fourth-order valence-corrected chi connectivity index (χ4v) is 1.25. The Morgan fingerprint density at radius 1 is 1.69 bits per heavy atom. The second kappa shape index (κ2) is 3.17. The van der Waals surface area contributed by atoms with Gasteiger partial charge in [0.15, 0.2) is 5.71 Å². The lowest BCUT2D eigenvalue weighted by Gasteiger charge is -2.09. The minimum atomic E-state index is -4.58. The number of carbonyl (C=O) groups is 1. The summed E-state index contributed by atoms with van der Waals surface area (Å²) in [7, 11) is 1.35. The second-order valence-corrected chi connectivity index (χ2v) is 3.05. The van der Waals surface area contributed by atoms with Gasteiger partial charge in [-0.25, -0.2) is 0 Å². The Hall–Kier alpha value is -0.780. The lowest BCUT2D eigenvalue weighted by Crippen LogP contribution is -2.32. The number of hydrogen-bond donors (Lipinski definition) is 0. The van der Waals surface area contributed by atoms with E-state index >= 15 is 0 Å². The third-order valence-electron chi connectivity index (χ3n) is 1.62. The van der Waals surface area contributed by atoms with Gasteiger partial charge < -0.3 is 0 Å². The van der Waals surface area contributed by atoms with Crippen LogP contribution in [0.4, 0.5) is 13.2 Å². The maximum absolute atomic E-state index is 12.2. The van der Waals surface area contributed by atoms with E-state index in [9.17, 15) is 18.0 Å². The summed E-state index contributed by atoms with van der Waals surface area (Å²) in [5, 5.41) is 3.20. The van der Waals surface area contributed by atoms with Gasteiger partial charge in [0.05, 0.1) is 6.54 Å². The highest BCUT2D eigenvalue weighted by Gasteiger charge is 2.47. The van der Waals surface area contributed by atoms with Crippen molar-refractivity contribution in [2.75, 3.05) is 13.6 Å². The minimum Gasteiger partial charge on any atom is -0.299 e. The largest absolute Gasteiger partial charge is 0.432 e. The third kappa shape index (κ3) is 2.12. The monoisotopic (exact) mass is 214 g/mol. The molecule has 1 heterocycles. The second-order valence-electron chi connectivity index (χ2n) is 2.68. The molecule has 1 aliphatic rings. The maximum atomic E-state index is 12.2. The van der Waals surface area contributed by atoms with Crippen LogP contribution in [0.3, 0.4) is 0 Å². The van der Waals surface area contributed by atoms with Crippen molar-refractivity contribution in [2.24, 2.45) is 11.0 Å². The van der Waals surface area contributed by atoms with E-state index in [1.54, 1.807) is 0 Å². The molecule has 0 aromatic rings. The zero-order chi connectivity index (χ0) is 10.2. The highest BCUT2D eigenvalue weighted by atomic mass is 35.5. The number of rotatable bonds is 1. The molecule has 0 saturated carbocycles. The van der Waals surface area contributed by atoms with Gasteiger partial charge in [0, 0.05) is 7.05 Å². The van der Waals surface area contributed by atoms with Gasteiger partial charge >= 0.3 is 6.18 Å². The van der Waals surface area contributed by atoms with E-state index in [4.69, 9.17) is 11.6 Å². The standard InChI is InChI=1S/C6H6ClF3N2O/c1-12-2-3(5(7)13)4(11-12)6(8,9)10/h3H,2H2,1H3. The van der Waals surface area contributed by atoms with Crippen molar-refractivity contribution < 1.29 is 18.0 Å². The average molecular weight is 215 g/mol. The van der Waals surface area contributed by atoms with Crippen molar-refractivity contribution in [1.29, 1.82) is 0 Å². The SMILES string of the molecule is CN1CC(C(=O)Cl)C(C(F)(F)F)=N1. The smallest absolute Gasteiger partial charge is 0.299 e. The molecule has 0 aromatic carbocycles. The summed E-state index contributed by atoms with van der Waals surface area (Å²) < 4.78 is 36.5. The Bertz CT molecular complexity index is 263. The first-order valence-electron chi connectivity index (χ1n) is 3.38. The highest BCUT2D eigenvalue weighted by molar-refractivity contribution is 6.65. The van der Waals surface area contributed by atoms with Gasteiger partial charge in [-0.1, -0.05) is 0 Å². The summed E-state index contributed by atoms with van der Waals surface area (Å²) in [6.07, 6.45) is -4.58. The molecule has 0 amide bonds. The van der Waals surface area contributed by atoms with E-state index in [1.807, 2.05) is 0 Å². The van der Waals surface area contributed by atoms with Crippen LogP contribution in [0.25, 0.3) is 0 Å². The number of hydrogen-bond acceptors (Lipinski definition) is 3. The molecule has 13 heavy (non-hydrogen) atoms. The highest BCUT2D eigenvalue weighted by Crippen LogP contribution is 2.28. The topological polar surface area (TPSA) is 32.7 Å².